The van der Waals surface area contributed by atoms with E-state index in [9.17, 15) is 9.59 Å². The molecule has 0 aromatic heterocycles. The SMILES string of the molecule is CCOC(=O)[C@@]1(Cc2ccc(OCc3ccc4ccccc4c3)cc2)C[C@@H]1C(=O)NO. The van der Waals surface area contributed by atoms with Gasteiger partial charge < -0.3 is 9.47 Å². The van der Waals surface area contributed by atoms with Crippen molar-refractivity contribution < 1.29 is 24.3 Å². The van der Waals surface area contributed by atoms with Crippen LogP contribution in [0.15, 0.2) is 66.7 Å². The molecule has 0 unspecified atom stereocenters. The van der Waals surface area contributed by atoms with Gasteiger partial charge in [0.1, 0.15) is 12.4 Å². The minimum Gasteiger partial charge on any atom is -0.489 e. The van der Waals surface area contributed by atoms with Crippen molar-refractivity contribution in [3.8, 4) is 5.75 Å². The Kier molecular flexibility index (Phi) is 5.91. The molecule has 4 rings (SSSR count). The van der Waals surface area contributed by atoms with E-state index in [1.54, 1.807) is 12.4 Å². The summed E-state index contributed by atoms with van der Waals surface area (Å²) in [5, 5.41) is 11.3. The van der Waals surface area contributed by atoms with Gasteiger partial charge in [0.15, 0.2) is 0 Å². The smallest absolute Gasteiger partial charge is 0.313 e. The lowest BCUT2D eigenvalue weighted by atomic mass is 9.93. The molecule has 0 saturated heterocycles. The maximum atomic E-state index is 12.5. The van der Waals surface area contributed by atoms with Crippen molar-refractivity contribution in [1.29, 1.82) is 0 Å². The zero-order chi connectivity index (χ0) is 21.8. The molecule has 2 atom stereocenters. The first-order chi connectivity index (χ1) is 15.1. The summed E-state index contributed by atoms with van der Waals surface area (Å²) in [6.45, 7) is 2.43. The van der Waals surface area contributed by atoms with Crippen molar-refractivity contribution in [2.45, 2.75) is 26.4 Å². The van der Waals surface area contributed by atoms with Crippen LogP contribution in [-0.2, 0) is 27.4 Å². The molecule has 2 N–H and O–H groups in total. The Morgan fingerprint density at radius 3 is 2.45 bits per heavy atom. The first-order valence-electron chi connectivity index (χ1n) is 10.4. The van der Waals surface area contributed by atoms with Crippen LogP contribution in [0.25, 0.3) is 10.8 Å². The topological polar surface area (TPSA) is 84.9 Å². The van der Waals surface area contributed by atoms with Gasteiger partial charge in [-0.25, -0.2) is 5.48 Å². The van der Waals surface area contributed by atoms with Crippen molar-refractivity contribution in [3.63, 3.8) is 0 Å². The third-order valence-electron chi connectivity index (χ3n) is 5.85. The Balaban J connectivity index is 1.41. The average molecular weight is 419 g/mol. The highest BCUT2D eigenvalue weighted by Gasteiger charge is 2.64. The zero-order valence-electron chi connectivity index (χ0n) is 17.3. The number of hydroxylamine groups is 1. The van der Waals surface area contributed by atoms with E-state index in [0.29, 0.717) is 19.4 Å². The second-order valence-corrected chi connectivity index (χ2v) is 7.90. The Morgan fingerprint density at radius 2 is 1.74 bits per heavy atom. The summed E-state index contributed by atoms with van der Waals surface area (Å²) in [4.78, 5) is 24.3. The number of benzene rings is 3. The Hall–Kier alpha value is -3.38. The number of rotatable bonds is 8. The van der Waals surface area contributed by atoms with Crippen molar-refractivity contribution in [1.82, 2.24) is 5.48 Å². The molecule has 0 heterocycles. The minimum atomic E-state index is -0.920. The molecule has 1 fully saturated rings. The molecule has 3 aromatic rings. The normalized spacial score (nSPS) is 19.6. The highest BCUT2D eigenvalue weighted by molar-refractivity contribution is 5.93. The molecular formula is C25H25NO5. The highest BCUT2D eigenvalue weighted by Crippen LogP contribution is 2.55. The molecule has 1 aliphatic rings. The van der Waals surface area contributed by atoms with E-state index in [4.69, 9.17) is 14.7 Å². The largest absolute Gasteiger partial charge is 0.489 e. The van der Waals surface area contributed by atoms with Gasteiger partial charge in [-0.3, -0.25) is 14.8 Å². The fourth-order valence-electron chi connectivity index (χ4n) is 4.06. The molecule has 0 radical (unpaired) electrons. The number of carbonyl (C=O) groups excluding carboxylic acids is 2. The van der Waals surface area contributed by atoms with Crippen molar-refractivity contribution in [2.24, 2.45) is 11.3 Å². The van der Waals surface area contributed by atoms with Crippen LogP contribution in [-0.4, -0.2) is 23.7 Å². The first-order valence-corrected chi connectivity index (χ1v) is 10.4. The Bertz CT molecular complexity index is 1090. The lowest BCUT2D eigenvalue weighted by molar-refractivity contribution is -0.152. The van der Waals surface area contributed by atoms with Crippen LogP contribution in [0.1, 0.15) is 24.5 Å². The summed E-state index contributed by atoms with van der Waals surface area (Å²) >= 11 is 0. The monoisotopic (exact) mass is 419 g/mol. The second-order valence-electron chi connectivity index (χ2n) is 7.90. The summed E-state index contributed by atoms with van der Waals surface area (Å²) in [6.07, 6.45) is 0.729. The maximum Gasteiger partial charge on any atom is 0.313 e. The summed E-state index contributed by atoms with van der Waals surface area (Å²) < 4.78 is 11.1. The molecule has 31 heavy (non-hydrogen) atoms. The van der Waals surface area contributed by atoms with Gasteiger partial charge >= 0.3 is 5.97 Å². The van der Waals surface area contributed by atoms with E-state index in [2.05, 4.69) is 30.3 Å². The highest BCUT2D eigenvalue weighted by atomic mass is 16.5. The maximum absolute atomic E-state index is 12.5. The number of hydrogen-bond acceptors (Lipinski definition) is 5. The minimum absolute atomic E-state index is 0.246. The molecular weight excluding hydrogens is 394 g/mol. The van der Waals surface area contributed by atoms with Crippen molar-refractivity contribution in [3.05, 3.63) is 77.9 Å². The molecule has 1 aliphatic carbocycles. The zero-order valence-corrected chi connectivity index (χ0v) is 17.3. The molecule has 1 saturated carbocycles. The van der Waals surface area contributed by atoms with E-state index in [1.807, 2.05) is 36.4 Å². The summed E-state index contributed by atoms with van der Waals surface area (Å²) in [6, 6.07) is 22.0. The molecule has 3 aromatic carbocycles. The summed E-state index contributed by atoms with van der Waals surface area (Å²) in [7, 11) is 0. The predicted octanol–water partition coefficient (Wildman–Crippen LogP) is 4.04. The van der Waals surface area contributed by atoms with Crippen molar-refractivity contribution in [2.75, 3.05) is 6.61 Å². The Morgan fingerprint density at radius 1 is 1.03 bits per heavy atom. The molecule has 6 heteroatoms. The number of esters is 1. The van der Waals surface area contributed by atoms with Crippen LogP contribution in [0, 0.1) is 11.3 Å². The van der Waals surface area contributed by atoms with Crippen LogP contribution in [0.3, 0.4) is 0 Å². The van der Waals surface area contributed by atoms with Gasteiger partial charge in [-0.1, -0.05) is 48.5 Å². The number of fused-ring (bicyclic) bond motifs is 1. The number of carbonyl (C=O) groups is 2. The summed E-state index contributed by atoms with van der Waals surface area (Å²) in [5.74, 6) is -0.813. The molecule has 0 aliphatic heterocycles. The van der Waals surface area contributed by atoms with E-state index < -0.39 is 23.2 Å². The number of ether oxygens (including phenoxy) is 2. The van der Waals surface area contributed by atoms with Crippen molar-refractivity contribution >= 4 is 22.6 Å². The second kappa shape index (κ2) is 8.78. The number of nitrogens with one attached hydrogen (secondary N) is 1. The molecule has 1 amide bonds. The third-order valence-corrected chi connectivity index (χ3v) is 5.85. The van der Waals surface area contributed by atoms with Crippen LogP contribution in [0.2, 0.25) is 0 Å². The fourth-order valence-corrected chi connectivity index (χ4v) is 4.06. The summed E-state index contributed by atoms with van der Waals surface area (Å²) in [5.41, 5.74) is 2.72. The van der Waals surface area contributed by atoms with Crippen LogP contribution in [0.4, 0.5) is 0 Å². The molecule has 0 bridgehead atoms. The lowest BCUT2D eigenvalue weighted by Gasteiger charge is -2.16. The van der Waals surface area contributed by atoms with Crippen LogP contribution in [0.5, 0.6) is 5.75 Å². The quantitative estimate of drug-likeness (QED) is 0.327. The van der Waals surface area contributed by atoms with E-state index in [1.165, 1.54) is 10.8 Å². The van der Waals surface area contributed by atoms with E-state index in [-0.39, 0.29) is 6.61 Å². The third kappa shape index (κ3) is 4.39. The van der Waals surface area contributed by atoms with Crippen LogP contribution >= 0.6 is 0 Å². The standard InChI is InChI=1S/C25H25NO5/c1-2-30-24(28)25(15-22(25)23(27)26-29)14-17-8-11-21(12-9-17)31-16-18-7-10-19-5-3-4-6-20(19)13-18/h3-13,22,29H,2,14-16H2,1H3,(H,26,27)/t22-,25+/m1/s1. The van der Waals surface area contributed by atoms with Gasteiger partial charge in [0.2, 0.25) is 5.91 Å². The molecule has 160 valence electrons. The van der Waals surface area contributed by atoms with Gasteiger partial charge in [0, 0.05) is 0 Å². The van der Waals surface area contributed by atoms with Gasteiger partial charge in [-0.15, -0.1) is 0 Å². The van der Waals surface area contributed by atoms with Gasteiger partial charge in [-0.05, 0) is 59.9 Å². The Labute approximate surface area is 180 Å². The number of hydrogen-bond donors (Lipinski definition) is 2. The average Bonchev–Trinajstić information content (AvgIpc) is 3.53. The van der Waals surface area contributed by atoms with E-state index in [0.717, 1.165) is 16.9 Å². The lowest BCUT2D eigenvalue weighted by Crippen LogP contribution is -2.30. The van der Waals surface area contributed by atoms with Gasteiger partial charge in [0.05, 0.1) is 17.9 Å². The fraction of sp³-hybridized carbons (Fsp3) is 0.280. The first kappa shape index (κ1) is 20.9. The van der Waals surface area contributed by atoms with Gasteiger partial charge in [-0.2, -0.15) is 0 Å². The number of amides is 1. The molecule has 6 nitrogen and oxygen atoms in total. The van der Waals surface area contributed by atoms with Crippen LogP contribution < -0.4 is 10.2 Å². The predicted molar refractivity (Wildman–Crippen MR) is 116 cm³/mol. The van der Waals surface area contributed by atoms with Gasteiger partial charge in [0.25, 0.3) is 0 Å². The molecule has 0 spiro atoms. The van der Waals surface area contributed by atoms with E-state index >= 15 is 0 Å².